The van der Waals surface area contributed by atoms with Crippen LogP contribution in [0.1, 0.15) is 22.5 Å². The van der Waals surface area contributed by atoms with E-state index in [1.165, 1.54) is 56.9 Å². The molecule has 0 fully saturated rings. The van der Waals surface area contributed by atoms with E-state index in [0.29, 0.717) is 27.8 Å². The van der Waals surface area contributed by atoms with Crippen molar-refractivity contribution in [1.29, 1.82) is 0 Å². The van der Waals surface area contributed by atoms with Gasteiger partial charge in [0.05, 0.1) is 25.5 Å². The van der Waals surface area contributed by atoms with Crippen molar-refractivity contribution in [2.24, 2.45) is 0 Å². The summed E-state index contributed by atoms with van der Waals surface area (Å²) in [5, 5.41) is 2.28. The lowest BCUT2D eigenvalue weighted by Gasteiger charge is -2.10. The Morgan fingerprint density at radius 3 is 1.79 bits per heavy atom. The van der Waals surface area contributed by atoms with Crippen LogP contribution in [-0.2, 0) is 19.2 Å². The minimum Gasteiger partial charge on any atom is -0.493 e. The Labute approximate surface area is 300 Å². The first-order valence-corrected chi connectivity index (χ1v) is 15.7. The van der Waals surface area contributed by atoms with Crippen molar-refractivity contribution in [3.8, 4) is 11.5 Å². The van der Waals surface area contributed by atoms with Crippen LogP contribution in [0.25, 0.3) is 24.3 Å². The zero-order chi connectivity index (χ0) is 35.0. The number of methoxy groups -OCH3 is 2. The molecule has 0 amide bonds. The van der Waals surface area contributed by atoms with Crippen LogP contribution >= 0.6 is 69.3 Å². The Morgan fingerprint density at radius 1 is 0.723 bits per heavy atom. The van der Waals surface area contributed by atoms with Gasteiger partial charge in [0, 0.05) is 18.5 Å². The molecule has 246 valence electrons. The number of nitrogens with zero attached hydrogens (tertiary/aromatic N) is 1. The molecule has 0 aliphatic carbocycles. The maximum absolute atomic E-state index is 10.6. The zero-order valence-corrected chi connectivity index (χ0v) is 29.2. The van der Waals surface area contributed by atoms with Crippen LogP contribution in [0.4, 0.5) is 0 Å². The van der Waals surface area contributed by atoms with E-state index in [-0.39, 0.29) is 0 Å². The number of benzene rings is 1. The molecule has 3 heterocycles. The number of thiophene rings is 1. The average Bonchev–Trinajstić information content (AvgIpc) is 3.77. The summed E-state index contributed by atoms with van der Waals surface area (Å²) in [6.45, 7) is 0. The van der Waals surface area contributed by atoms with E-state index in [0.717, 1.165) is 11.1 Å². The normalized spacial score (nSPS) is 10.4. The summed E-state index contributed by atoms with van der Waals surface area (Å²) in [6, 6.07) is 12.4. The van der Waals surface area contributed by atoms with Gasteiger partial charge in [-0.1, -0.05) is 17.7 Å². The quantitative estimate of drug-likeness (QED) is 0.116. The second-order valence-electron chi connectivity index (χ2n) is 8.11. The fourth-order valence-corrected chi connectivity index (χ4v) is 4.07. The van der Waals surface area contributed by atoms with Gasteiger partial charge in [0.25, 0.3) is 0 Å². The van der Waals surface area contributed by atoms with Crippen LogP contribution in [0.2, 0.25) is 5.02 Å². The Morgan fingerprint density at radius 2 is 1.30 bits per heavy atom. The second-order valence-corrected chi connectivity index (χ2v) is 10.8. The van der Waals surface area contributed by atoms with Gasteiger partial charge < -0.3 is 13.9 Å². The maximum Gasteiger partial charge on any atom is 0.245 e. The van der Waals surface area contributed by atoms with E-state index in [1.54, 1.807) is 72.3 Å². The molecular formula is C33H26Cl5NO7S. The van der Waals surface area contributed by atoms with Gasteiger partial charge in [0.1, 0.15) is 5.76 Å². The van der Waals surface area contributed by atoms with Crippen molar-refractivity contribution >= 4 is 115 Å². The molecule has 14 heteroatoms. The fraction of sp³-hybridized carbons (Fsp3) is 0.0606. The van der Waals surface area contributed by atoms with Crippen LogP contribution in [0.3, 0.4) is 0 Å². The van der Waals surface area contributed by atoms with Gasteiger partial charge in [-0.3, -0.25) is 24.2 Å². The van der Waals surface area contributed by atoms with Gasteiger partial charge in [-0.2, -0.15) is 11.3 Å². The molecule has 47 heavy (non-hydrogen) atoms. The zero-order valence-electron chi connectivity index (χ0n) is 24.7. The molecule has 8 nitrogen and oxygen atoms in total. The number of hydrogen-bond acceptors (Lipinski definition) is 9. The van der Waals surface area contributed by atoms with Crippen molar-refractivity contribution in [3.05, 3.63) is 124 Å². The average molecular weight is 758 g/mol. The molecule has 0 aliphatic heterocycles. The molecule has 0 unspecified atom stereocenters. The third-order valence-corrected chi connectivity index (χ3v) is 6.49. The number of carbonyl (C=O) groups is 4. The van der Waals surface area contributed by atoms with E-state index in [2.05, 4.69) is 4.98 Å². The number of ether oxygens (including phenoxy) is 2. The molecule has 0 saturated heterocycles. The Balaban J connectivity index is 0.000000320. The van der Waals surface area contributed by atoms with Crippen LogP contribution in [-0.4, -0.2) is 40.2 Å². The van der Waals surface area contributed by atoms with E-state index in [1.807, 2.05) is 16.8 Å². The number of halogens is 5. The molecule has 0 aliphatic rings. The fourth-order valence-electron chi connectivity index (χ4n) is 2.89. The van der Waals surface area contributed by atoms with Crippen molar-refractivity contribution in [2.45, 2.75) is 0 Å². The predicted octanol–water partition coefficient (Wildman–Crippen LogP) is 9.58. The number of allylic oxidation sites excluding steroid dienone is 4. The molecule has 0 atom stereocenters. The summed E-state index contributed by atoms with van der Waals surface area (Å²) < 4.78 is 15.1. The molecule has 0 N–H and O–H groups in total. The molecule has 3 aromatic heterocycles. The SMILES string of the molecule is COc1ccc(C=CC(=O)Cl)c(Cl)c1OC.O=C(Cl)C=Cc1ccco1.O=C(Cl)C=Cc1ccncc1.O=C(Cl)C=Cc1ccsc1. The number of aromatic nitrogens is 1. The largest absolute Gasteiger partial charge is 0.493 e. The number of rotatable bonds is 10. The summed E-state index contributed by atoms with van der Waals surface area (Å²) in [5.74, 6) is 1.57. The van der Waals surface area contributed by atoms with E-state index < -0.39 is 21.0 Å². The topological polar surface area (TPSA) is 113 Å². The van der Waals surface area contributed by atoms with E-state index in [9.17, 15) is 19.2 Å². The Bertz CT molecular complexity index is 1610. The van der Waals surface area contributed by atoms with Crippen molar-refractivity contribution < 1.29 is 33.1 Å². The van der Waals surface area contributed by atoms with Gasteiger partial charge in [0.2, 0.25) is 21.0 Å². The summed E-state index contributed by atoms with van der Waals surface area (Å²) >= 11 is 28.0. The summed E-state index contributed by atoms with van der Waals surface area (Å²) in [7, 11) is 3.01. The molecule has 0 bridgehead atoms. The Hall–Kier alpha value is -3.96. The smallest absolute Gasteiger partial charge is 0.245 e. The standard InChI is InChI=1S/C11H10Cl2O3.C8H6ClNO.C7H5ClO2.C7H5ClOS/c1-15-8-5-3-7(4-6-9(12)14)10(13)11(8)16-2;9-8(11)2-1-7-3-5-10-6-4-7;8-7(9)4-3-6-2-1-5-10-6;8-7(9)2-1-6-3-4-10-5-6/h3-6H,1-2H3;1-6H;2*1-5H. The first-order chi connectivity index (χ1) is 22.5. The summed E-state index contributed by atoms with van der Waals surface area (Å²) in [5.41, 5.74) is 2.56. The highest BCUT2D eigenvalue weighted by molar-refractivity contribution is 7.08. The third kappa shape index (κ3) is 19.3. The predicted molar refractivity (Wildman–Crippen MR) is 191 cm³/mol. The number of carbonyl (C=O) groups excluding carboxylic acids is 4. The molecule has 1 aromatic carbocycles. The molecule has 0 saturated carbocycles. The van der Waals surface area contributed by atoms with E-state index in [4.69, 9.17) is 71.9 Å². The Kier molecular flexibility index (Phi) is 21.2. The maximum atomic E-state index is 10.6. The van der Waals surface area contributed by atoms with Gasteiger partial charge in [-0.05, 0) is 153 Å². The minimum absolute atomic E-state index is 0.371. The lowest BCUT2D eigenvalue weighted by atomic mass is 10.2. The third-order valence-electron chi connectivity index (χ3n) is 4.89. The van der Waals surface area contributed by atoms with Gasteiger partial charge >= 0.3 is 0 Å². The minimum atomic E-state index is -0.564. The highest BCUT2D eigenvalue weighted by Crippen LogP contribution is 2.37. The highest BCUT2D eigenvalue weighted by Gasteiger charge is 2.11. The first-order valence-electron chi connectivity index (χ1n) is 12.8. The van der Waals surface area contributed by atoms with Crippen LogP contribution in [0.5, 0.6) is 11.5 Å². The van der Waals surface area contributed by atoms with E-state index >= 15 is 0 Å². The molecule has 4 rings (SSSR count). The van der Waals surface area contributed by atoms with Crippen LogP contribution in [0, 0.1) is 0 Å². The molecule has 4 aromatic rings. The lowest BCUT2D eigenvalue weighted by Crippen LogP contribution is -1.92. The van der Waals surface area contributed by atoms with Gasteiger partial charge in [-0.25, -0.2) is 0 Å². The highest BCUT2D eigenvalue weighted by atomic mass is 35.5. The van der Waals surface area contributed by atoms with Crippen molar-refractivity contribution in [1.82, 2.24) is 4.98 Å². The summed E-state index contributed by atoms with van der Waals surface area (Å²) in [4.78, 5) is 45.1. The molecule has 0 radical (unpaired) electrons. The number of hydrogen-bond donors (Lipinski definition) is 0. The number of furan rings is 1. The number of pyridine rings is 1. The second kappa shape index (κ2) is 24.2. The first kappa shape index (κ1) is 41.1. The van der Waals surface area contributed by atoms with Crippen LogP contribution < -0.4 is 9.47 Å². The lowest BCUT2D eigenvalue weighted by molar-refractivity contribution is -0.108. The van der Waals surface area contributed by atoms with Crippen LogP contribution in [0.15, 0.2) is 101 Å². The monoisotopic (exact) mass is 755 g/mol. The van der Waals surface area contributed by atoms with Crippen molar-refractivity contribution in [3.63, 3.8) is 0 Å². The van der Waals surface area contributed by atoms with Gasteiger partial charge in [-0.15, -0.1) is 0 Å². The molecule has 0 spiro atoms. The van der Waals surface area contributed by atoms with Crippen molar-refractivity contribution in [2.75, 3.05) is 14.2 Å². The van der Waals surface area contributed by atoms with Gasteiger partial charge in [0.15, 0.2) is 11.5 Å². The summed E-state index contributed by atoms with van der Waals surface area (Å²) in [6.07, 6.45) is 16.3. The molecular weight excluding hydrogens is 732 g/mol.